The van der Waals surface area contributed by atoms with Gasteiger partial charge in [-0.1, -0.05) is 44.2 Å². The third kappa shape index (κ3) is 6.73. The van der Waals surface area contributed by atoms with Crippen LogP contribution in [-0.4, -0.2) is 27.3 Å². The maximum Gasteiger partial charge on any atom is 0.306 e. The van der Waals surface area contributed by atoms with Gasteiger partial charge in [0.2, 0.25) is 0 Å². The van der Waals surface area contributed by atoms with Crippen LogP contribution in [0.2, 0.25) is 0 Å². The van der Waals surface area contributed by atoms with E-state index >= 15 is 4.39 Å². The van der Waals surface area contributed by atoms with Gasteiger partial charge in [0.25, 0.3) is 0 Å². The number of methoxy groups -OCH3 is 3. The second-order valence-electron chi connectivity index (χ2n) is 11.0. The first-order valence-electron chi connectivity index (χ1n) is 13.6. The van der Waals surface area contributed by atoms with Crippen molar-refractivity contribution in [1.29, 1.82) is 0 Å². The van der Waals surface area contributed by atoms with E-state index < -0.39 is 5.41 Å². The number of halogens is 1. The Hall–Kier alpha value is -3.64. The number of hydrogen-bond donors (Lipinski definition) is 0. The number of carbonyl (C=O) groups is 1. The standard InChI is InChI=1S/C34H39FO5/c1-7-34(2,3)33(39-6)30-17-22(11-15-27(30)29-19-25(37-4)14-16-31(29)35)21-40-26-10-8-9-24(18-26)28(23-12-13-23)20-32(36)38-5/h7-11,14-19,23,28,33H,1,12-13,20-21H2,2-6H3. The van der Waals surface area contributed by atoms with Gasteiger partial charge in [-0.15, -0.1) is 6.58 Å². The van der Waals surface area contributed by atoms with Gasteiger partial charge in [0.1, 0.15) is 23.9 Å². The molecule has 2 unspecified atom stereocenters. The van der Waals surface area contributed by atoms with Crippen molar-refractivity contribution in [1.82, 2.24) is 0 Å². The van der Waals surface area contributed by atoms with Gasteiger partial charge in [0.15, 0.2) is 0 Å². The summed E-state index contributed by atoms with van der Waals surface area (Å²) in [6.45, 7) is 8.40. The highest BCUT2D eigenvalue weighted by molar-refractivity contribution is 5.71. The molecule has 0 saturated heterocycles. The van der Waals surface area contributed by atoms with E-state index in [0.29, 0.717) is 30.3 Å². The number of benzene rings is 3. The fraction of sp³-hybridized carbons (Fsp3) is 0.382. The van der Waals surface area contributed by atoms with E-state index in [2.05, 4.69) is 12.6 Å². The Morgan fingerprint density at radius 2 is 1.80 bits per heavy atom. The second-order valence-corrected chi connectivity index (χ2v) is 11.0. The zero-order chi connectivity index (χ0) is 28.9. The molecule has 4 rings (SSSR count). The zero-order valence-corrected chi connectivity index (χ0v) is 24.0. The third-order valence-corrected chi connectivity index (χ3v) is 7.80. The van der Waals surface area contributed by atoms with Crippen LogP contribution in [0.1, 0.15) is 61.8 Å². The molecule has 0 aromatic heterocycles. The Bertz CT molecular complexity index is 1340. The zero-order valence-electron chi connectivity index (χ0n) is 24.0. The van der Waals surface area contributed by atoms with E-state index in [1.54, 1.807) is 26.4 Å². The summed E-state index contributed by atoms with van der Waals surface area (Å²) < 4.78 is 37.6. The number of ether oxygens (including phenoxy) is 4. The maximum absolute atomic E-state index is 15.1. The Kier molecular flexibility index (Phi) is 9.31. The summed E-state index contributed by atoms with van der Waals surface area (Å²) in [5, 5.41) is 0. The number of carbonyl (C=O) groups excluding carboxylic acids is 1. The molecule has 0 aliphatic heterocycles. The minimum absolute atomic E-state index is 0.128. The lowest BCUT2D eigenvalue weighted by Gasteiger charge is -2.32. The molecule has 0 N–H and O–H groups in total. The van der Waals surface area contributed by atoms with Crippen molar-refractivity contribution >= 4 is 5.97 Å². The Balaban J connectivity index is 1.65. The lowest BCUT2D eigenvalue weighted by molar-refractivity contribution is -0.141. The van der Waals surface area contributed by atoms with Crippen molar-refractivity contribution in [2.24, 2.45) is 11.3 Å². The van der Waals surface area contributed by atoms with Gasteiger partial charge in [-0.25, -0.2) is 4.39 Å². The summed E-state index contributed by atoms with van der Waals surface area (Å²) >= 11 is 0. The molecule has 0 spiro atoms. The molecule has 5 nitrogen and oxygen atoms in total. The number of rotatable bonds is 13. The molecule has 0 bridgehead atoms. The highest BCUT2D eigenvalue weighted by Crippen LogP contribution is 2.46. The molecule has 212 valence electrons. The van der Waals surface area contributed by atoms with E-state index in [9.17, 15) is 4.79 Å². The first-order valence-corrected chi connectivity index (χ1v) is 13.6. The van der Waals surface area contributed by atoms with Crippen LogP contribution in [0.5, 0.6) is 11.5 Å². The van der Waals surface area contributed by atoms with Crippen molar-refractivity contribution in [2.45, 2.75) is 51.7 Å². The minimum atomic E-state index is -0.426. The predicted octanol–water partition coefficient (Wildman–Crippen LogP) is 8.04. The van der Waals surface area contributed by atoms with Crippen molar-refractivity contribution in [3.63, 3.8) is 0 Å². The van der Waals surface area contributed by atoms with Crippen molar-refractivity contribution in [2.75, 3.05) is 21.3 Å². The first kappa shape index (κ1) is 29.3. The Labute approximate surface area is 236 Å². The van der Waals surface area contributed by atoms with Crippen LogP contribution in [0.4, 0.5) is 4.39 Å². The van der Waals surface area contributed by atoms with E-state index in [0.717, 1.165) is 40.8 Å². The van der Waals surface area contributed by atoms with E-state index in [1.807, 2.05) is 56.3 Å². The van der Waals surface area contributed by atoms with Gasteiger partial charge in [-0.3, -0.25) is 4.79 Å². The van der Waals surface area contributed by atoms with Gasteiger partial charge in [-0.2, -0.15) is 0 Å². The largest absolute Gasteiger partial charge is 0.497 e. The highest BCUT2D eigenvalue weighted by atomic mass is 19.1. The molecule has 0 amide bonds. The lowest BCUT2D eigenvalue weighted by atomic mass is 9.79. The highest BCUT2D eigenvalue weighted by Gasteiger charge is 2.34. The smallest absolute Gasteiger partial charge is 0.306 e. The van der Waals surface area contributed by atoms with E-state index in [-0.39, 0.29) is 23.8 Å². The van der Waals surface area contributed by atoms with E-state index in [1.165, 1.54) is 13.2 Å². The van der Waals surface area contributed by atoms with E-state index in [4.69, 9.17) is 18.9 Å². The van der Waals surface area contributed by atoms with Crippen LogP contribution < -0.4 is 9.47 Å². The normalized spacial score (nSPS) is 14.8. The van der Waals surface area contributed by atoms with Crippen LogP contribution in [0.3, 0.4) is 0 Å². The van der Waals surface area contributed by atoms with Crippen LogP contribution in [0.15, 0.2) is 73.3 Å². The molecule has 3 aromatic rings. The van der Waals surface area contributed by atoms with Gasteiger partial charge in [-0.05, 0) is 83.3 Å². The SMILES string of the molecule is C=CC(C)(C)C(OC)c1cc(COc2cccc(C(CC(=O)OC)C3CC3)c2)ccc1-c1cc(OC)ccc1F. The van der Waals surface area contributed by atoms with Crippen molar-refractivity contribution < 1.29 is 28.1 Å². The molecule has 3 aromatic carbocycles. The average Bonchev–Trinajstić information content (AvgIpc) is 3.81. The Morgan fingerprint density at radius 3 is 2.45 bits per heavy atom. The van der Waals surface area contributed by atoms with Crippen molar-refractivity contribution in [3.05, 3.63) is 95.8 Å². The molecule has 2 atom stereocenters. The molecule has 0 radical (unpaired) electrons. The molecule has 1 saturated carbocycles. The summed E-state index contributed by atoms with van der Waals surface area (Å²) in [5.74, 6) is 1.39. The molecular weight excluding hydrogens is 507 g/mol. The van der Waals surface area contributed by atoms with Crippen LogP contribution >= 0.6 is 0 Å². The van der Waals surface area contributed by atoms with Crippen LogP contribution in [0, 0.1) is 17.2 Å². The van der Waals surface area contributed by atoms with Crippen LogP contribution in [-0.2, 0) is 20.9 Å². The van der Waals surface area contributed by atoms with Crippen molar-refractivity contribution in [3.8, 4) is 22.6 Å². The summed E-state index contributed by atoms with van der Waals surface area (Å²) in [6, 6.07) is 18.5. The fourth-order valence-corrected chi connectivity index (χ4v) is 5.26. The van der Waals surface area contributed by atoms with Gasteiger partial charge < -0.3 is 18.9 Å². The van der Waals surface area contributed by atoms with Gasteiger partial charge >= 0.3 is 5.97 Å². The molecule has 1 aliphatic carbocycles. The van der Waals surface area contributed by atoms with Gasteiger partial charge in [0, 0.05) is 18.1 Å². The minimum Gasteiger partial charge on any atom is -0.497 e. The monoisotopic (exact) mass is 546 g/mol. The predicted molar refractivity (Wildman–Crippen MR) is 155 cm³/mol. The lowest BCUT2D eigenvalue weighted by Crippen LogP contribution is -2.22. The molecule has 6 heteroatoms. The fourth-order valence-electron chi connectivity index (χ4n) is 5.26. The Morgan fingerprint density at radius 1 is 1.02 bits per heavy atom. The maximum atomic E-state index is 15.1. The average molecular weight is 547 g/mol. The summed E-state index contributed by atoms with van der Waals surface area (Å²) in [4.78, 5) is 12.0. The van der Waals surface area contributed by atoms with Gasteiger partial charge in [0.05, 0.1) is 26.7 Å². The topological polar surface area (TPSA) is 54.0 Å². The number of esters is 1. The molecule has 1 fully saturated rings. The third-order valence-electron chi connectivity index (χ3n) is 7.80. The summed E-state index contributed by atoms with van der Waals surface area (Å²) in [5.41, 5.74) is 3.57. The summed E-state index contributed by atoms with van der Waals surface area (Å²) in [6.07, 6.45) is 4.08. The molecular formula is C34H39FO5. The second kappa shape index (κ2) is 12.7. The number of hydrogen-bond acceptors (Lipinski definition) is 5. The first-order chi connectivity index (χ1) is 19.2. The molecule has 40 heavy (non-hydrogen) atoms. The molecule has 1 aliphatic rings. The molecule has 0 heterocycles. The van der Waals surface area contributed by atoms with Crippen LogP contribution in [0.25, 0.3) is 11.1 Å². The quantitative estimate of drug-likeness (QED) is 0.160. The summed E-state index contributed by atoms with van der Waals surface area (Å²) in [7, 11) is 4.65.